The number of benzene rings is 2. The molecule has 98 valence electrons. The van der Waals surface area contributed by atoms with Crippen LogP contribution in [-0.2, 0) is 0 Å². The Morgan fingerprint density at radius 2 is 1.90 bits per heavy atom. The fraction of sp³-hybridized carbons (Fsp3) is 0. The van der Waals surface area contributed by atoms with Gasteiger partial charge in [-0.15, -0.1) is 10.2 Å². The molecule has 0 saturated heterocycles. The summed E-state index contributed by atoms with van der Waals surface area (Å²) in [6, 6.07) is 14.6. The van der Waals surface area contributed by atoms with E-state index in [4.69, 9.17) is 0 Å². The lowest BCUT2D eigenvalue weighted by atomic mass is 10.1. The monoisotopic (exact) mass is 327 g/mol. The minimum Gasteiger partial charge on any atom is -0.506 e. The molecule has 1 heterocycles. The summed E-state index contributed by atoms with van der Waals surface area (Å²) < 4.78 is 0.975. The number of rotatable bonds is 2. The Morgan fingerprint density at radius 1 is 1.00 bits per heavy atom. The van der Waals surface area contributed by atoms with Crippen LogP contribution in [0.5, 0.6) is 5.75 Å². The van der Waals surface area contributed by atoms with E-state index in [1.807, 2.05) is 36.4 Å². The zero-order valence-corrected chi connectivity index (χ0v) is 11.9. The number of nitrogens with zero attached hydrogens (tertiary/aromatic N) is 3. The van der Waals surface area contributed by atoms with Crippen LogP contribution in [0.15, 0.2) is 69.4 Å². The maximum absolute atomic E-state index is 9.97. The van der Waals surface area contributed by atoms with Crippen LogP contribution >= 0.6 is 15.9 Å². The van der Waals surface area contributed by atoms with Crippen molar-refractivity contribution in [3.8, 4) is 5.75 Å². The number of hydrogen-bond acceptors (Lipinski definition) is 4. The highest BCUT2D eigenvalue weighted by atomic mass is 79.9. The molecule has 0 radical (unpaired) electrons. The molecule has 0 aliphatic rings. The number of phenols is 1. The topological polar surface area (TPSA) is 57.8 Å². The van der Waals surface area contributed by atoms with Gasteiger partial charge in [0.2, 0.25) is 0 Å². The summed E-state index contributed by atoms with van der Waals surface area (Å²) in [5, 5.41) is 20.0. The summed E-state index contributed by atoms with van der Waals surface area (Å²) in [4.78, 5) is 4.07. The van der Waals surface area contributed by atoms with Gasteiger partial charge in [0.15, 0.2) is 5.82 Å². The van der Waals surface area contributed by atoms with Crippen molar-refractivity contribution in [2.75, 3.05) is 0 Å². The van der Waals surface area contributed by atoms with Crippen LogP contribution in [0.2, 0.25) is 0 Å². The Balaban J connectivity index is 2.11. The third-order valence-corrected chi connectivity index (χ3v) is 3.33. The standard InChI is InChI=1S/C15H10BrN3O/c16-11-5-6-12-10(9-11)4-7-13(20)15(12)19-18-14-3-1-2-8-17-14/h1-9,20H. The molecule has 0 bridgehead atoms. The Kier molecular flexibility index (Phi) is 3.43. The van der Waals surface area contributed by atoms with Crippen LogP contribution in [0, 0.1) is 0 Å². The highest BCUT2D eigenvalue weighted by Gasteiger charge is 2.06. The van der Waals surface area contributed by atoms with E-state index < -0.39 is 0 Å². The predicted molar refractivity (Wildman–Crippen MR) is 81.7 cm³/mol. The van der Waals surface area contributed by atoms with Crippen LogP contribution in [-0.4, -0.2) is 10.1 Å². The summed E-state index contributed by atoms with van der Waals surface area (Å²) in [5.74, 6) is 0.598. The van der Waals surface area contributed by atoms with Crippen LogP contribution in [0.1, 0.15) is 0 Å². The van der Waals surface area contributed by atoms with Gasteiger partial charge >= 0.3 is 0 Å². The first-order chi connectivity index (χ1) is 9.74. The number of hydrogen-bond donors (Lipinski definition) is 1. The zero-order valence-electron chi connectivity index (χ0n) is 10.4. The quantitative estimate of drug-likeness (QED) is 0.664. The van der Waals surface area contributed by atoms with Crippen molar-refractivity contribution in [3.05, 3.63) is 59.2 Å². The molecule has 0 amide bonds. The van der Waals surface area contributed by atoms with Gasteiger partial charge in [0.1, 0.15) is 11.4 Å². The number of fused-ring (bicyclic) bond motifs is 1. The van der Waals surface area contributed by atoms with E-state index in [2.05, 4.69) is 31.1 Å². The normalized spacial score (nSPS) is 11.2. The Hall–Kier alpha value is -2.27. The molecule has 4 nitrogen and oxygen atoms in total. The van der Waals surface area contributed by atoms with Crippen LogP contribution in [0.4, 0.5) is 11.5 Å². The maximum Gasteiger partial charge on any atom is 0.174 e. The zero-order chi connectivity index (χ0) is 13.9. The Morgan fingerprint density at radius 3 is 2.70 bits per heavy atom. The second-order valence-corrected chi connectivity index (χ2v) is 5.10. The molecule has 3 rings (SSSR count). The molecule has 0 aliphatic heterocycles. The molecule has 0 saturated carbocycles. The van der Waals surface area contributed by atoms with Crippen molar-refractivity contribution >= 4 is 38.2 Å². The van der Waals surface area contributed by atoms with Crippen molar-refractivity contribution in [1.82, 2.24) is 4.98 Å². The summed E-state index contributed by atoms with van der Waals surface area (Å²) in [5.41, 5.74) is 0.445. The van der Waals surface area contributed by atoms with Gasteiger partial charge in [-0.25, -0.2) is 4.98 Å². The van der Waals surface area contributed by atoms with Crippen LogP contribution in [0.3, 0.4) is 0 Å². The SMILES string of the molecule is Oc1ccc2cc(Br)ccc2c1N=Nc1ccccn1. The van der Waals surface area contributed by atoms with E-state index in [-0.39, 0.29) is 5.75 Å². The van der Waals surface area contributed by atoms with Crippen molar-refractivity contribution in [2.24, 2.45) is 10.2 Å². The number of azo groups is 1. The molecule has 2 aromatic carbocycles. The van der Waals surface area contributed by atoms with Gasteiger partial charge in [0.05, 0.1) is 0 Å². The molecular formula is C15H10BrN3O. The molecule has 1 aromatic heterocycles. The van der Waals surface area contributed by atoms with E-state index in [0.717, 1.165) is 15.2 Å². The van der Waals surface area contributed by atoms with Crippen molar-refractivity contribution in [1.29, 1.82) is 0 Å². The van der Waals surface area contributed by atoms with E-state index in [1.165, 1.54) is 0 Å². The fourth-order valence-electron chi connectivity index (χ4n) is 1.89. The van der Waals surface area contributed by atoms with Gasteiger partial charge in [-0.05, 0) is 35.7 Å². The third-order valence-electron chi connectivity index (χ3n) is 2.83. The number of pyridine rings is 1. The lowest BCUT2D eigenvalue weighted by molar-refractivity contribution is 0.477. The molecule has 0 atom stereocenters. The Labute approximate surface area is 123 Å². The van der Waals surface area contributed by atoms with Crippen molar-refractivity contribution in [3.63, 3.8) is 0 Å². The van der Waals surface area contributed by atoms with Crippen LogP contribution in [0.25, 0.3) is 10.8 Å². The average molecular weight is 328 g/mol. The van der Waals surface area contributed by atoms with Gasteiger partial charge < -0.3 is 5.11 Å². The van der Waals surface area contributed by atoms with Gasteiger partial charge in [0, 0.05) is 16.1 Å². The summed E-state index contributed by atoms with van der Waals surface area (Å²) >= 11 is 3.42. The largest absolute Gasteiger partial charge is 0.506 e. The molecule has 3 aromatic rings. The molecule has 20 heavy (non-hydrogen) atoms. The second kappa shape index (κ2) is 5.38. The minimum atomic E-state index is 0.0968. The first kappa shape index (κ1) is 12.7. The highest BCUT2D eigenvalue weighted by molar-refractivity contribution is 9.10. The van der Waals surface area contributed by atoms with Gasteiger partial charge in [-0.3, -0.25) is 0 Å². The predicted octanol–water partition coefficient (Wildman–Crippen LogP) is 5.12. The third kappa shape index (κ3) is 2.53. The van der Waals surface area contributed by atoms with E-state index in [1.54, 1.807) is 18.3 Å². The van der Waals surface area contributed by atoms with E-state index >= 15 is 0 Å². The fourth-order valence-corrected chi connectivity index (χ4v) is 2.27. The van der Waals surface area contributed by atoms with Gasteiger partial charge in [-0.1, -0.05) is 34.1 Å². The summed E-state index contributed by atoms with van der Waals surface area (Å²) in [6.07, 6.45) is 1.65. The first-order valence-electron chi connectivity index (χ1n) is 5.98. The van der Waals surface area contributed by atoms with E-state index in [0.29, 0.717) is 11.5 Å². The first-order valence-corrected chi connectivity index (χ1v) is 6.77. The van der Waals surface area contributed by atoms with E-state index in [9.17, 15) is 5.11 Å². The molecule has 0 fully saturated rings. The summed E-state index contributed by atoms with van der Waals surface area (Å²) in [6.45, 7) is 0. The minimum absolute atomic E-state index is 0.0968. The second-order valence-electron chi connectivity index (χ2n) is 4.19. The number of aromatic hydroxyl groups is 1. The molecular weight excluding hydrogens is 318 g/mol. The number of aromatic nitrogens is 1. The summed E-state index contributed by atoms with van der Waals surface area (Å²) in [7, 11) is 0. The average Bonchev–Trinajstić information content (AvgIpc) is 2.47. The number of halogens is 1. The lowest BCUT2D eigenvalue weighted by Crippen LogP contribution is -1.76. The lowest BCUT2D eigenvalue weighted by Gasteiger charge is -2.04. The molecule has 0 unspecified atom stereocenters. The van der Waals surface area contributed by atoms with Gasteiger partial charge in [-0.2, -0.15) is 0 Å². The maximum atomic E-state index is 9.97. The highest BCUT2D eigenvalue weighted by Crippen LogP contribution is 2.36. The number of phenolic OH excluding ortho intramolecular Hbond substituents is 1. The molecule has 0 spiro atoms. The van der Waals surface area contributed by atoms with Gasteiger partial charge in [0.25, 0.3) is 0 Å². The molecule has 0 aliphatic carbocycles. The van der Waals surface area contributed by atoms with Crippen molar-refractivity contribution in [2.45, 2.75) is 0 Å². The molecule has 1 N–H and O–H groups in total. The van der Waals surface area contributed by atoms with Crippen LogP contribution < -0.4 is 0 Å². The molecule has 5 heteroatoms. The smallest absolute Gasteiger partial charge is 0.174 e. The Bertz CT molecular complexity index is 788. The van der Waals surface area contributed by atoms with Crippen molar-refractivity contribution < 1.29 is 5.11 Å².